The van der Waals surface area contributed by atoms with E-state index in [1.54, 1.807) is 113 Å². The van der Waals surface area contributed by atoms with Crippen LogP contribution < -0.4 is 26.6 Å². The molecule has 0 aromatic heterocycles. The third-order valence-electron chi connectivity index (χ3n) is 7.67. The van der Waals surface area contributed by atoms with E-state index in [-0.39, 0.29) is 83.2 Å². The van der Waals surface area contributed by atoms with Gasteiger partial charge in [-0.2, -0.15) is 0 Å². The zero-order valence-electron chi connectivity index (χ0n) is 29.7. The van der Waals surface area contributed by atoms with Gasteiger partial charge in [0.2, 0.25) is 11.8 Å². The summed E-state index contributed by atoms with van der Waals surface area (Å²) in [6, 6.07) is 0. The lowest BCUT2D eigenvalue weighted by molar-refractivity contribution is -0.119. The molecule has 25 heteroatoms. The average Bonchev–Trinajstić information content (AvgIpc) is 3.18. The number of nitrogens with one attached hydrogen (secondary N) is 5. The lowest BCUT2D eigenvalue weighted by Gasteiger charge is -2.28. The highest BCUT2D eigenvalue weighted by molar-refractivity contribution is 14.1. The summed E-state index contributed by atoms with van der Waals surface area (Å²) in [6.07, 6.45) is -4.06. The lowest BCUT2D eigenvalue weighted by Crippen LogP contribution is -2.44. The monoisotopic (exact) mass is 1370 g/mol. The fraction of sp³-hybridized carbons (Fsp3) is 0.438. The van der Waals surface area contributed by atoms with Gasteiger partial charge in [0.25, 0.3) is 23.6 Å². The van der Waals surface area contributed by atoms with Crippen molar-refractivity contribution in [2.45, 2.75) is 25.2 Å². The van der Waals surface area contributed by atoms with Crippen molar-refractivity contribution in [1.29, 1.82) is 0 Å². The van der Waals surface area contributed by atoms with E-state index in [1.165, 1.54) is 6.92 Å². The van der Waals surface area contributed by atoms with Gasteiger partial charge in [0, 0.05) is 39.9 Å². The van der Waals surface area contributed by atoms with Crippen molar-refractivity contribution in [2.75, 3.05) is 76.4 Å². The van der Waals surface area contributed by atoms with Gasteiger partial charge in [0.05, 0.1) is 82.5 Å². The summed E-state index contributed by atoms with van der Waals surface area (Å²) in [5.41, 5.74) is -0.191. The van der Waals surface area contributed by atoms with Crippen LogP contribution in [-0.4, -0.2) is 165 Å². The summed E-state index contributed by atoms with van der Waals surface area (Å²) >= 11 is 8.84. The van der Waals surface area contributed by atoms with Gasteiger partial charge in [0.15, 0.2) is 0 Å². The molecule has 0 radical (unpaired) electrons. The van der Waals surface area contributed by atoms with E-state index < -0.39 is 93.3 Å². The van der Waals surface area contributed by atoms with Gasteiger partial charge in [-0.05, 0) is 125 Å². The maximum Gasteiger partial charge on any atom is 0.255 e. The number of benzene rings is 2. The minimum absolute atomic E-state index is 0.0000954. The molecule has 0 saturated carbocycles. The van der Waals surface area contributed by atoms with Crippen molar-refractivity contribution in [3.63, 3.8) is 0 Å². The first-order valence-corrected chi connectivity index (χ1v) is 21.7. The Kier molecular flexibility index (Phi) is 22.5. The van der Waals surface area contributed by atoms with Crippen LogP contribution >= 0.6 is 113 Å². The molecular weight excluding hydrogens is 1330 g/mol. The number of rotatable bonds is 20. The summed E-state index contributed by atoms with van der Waals surface area (Å²) in [5, 5.41) is 89.3. The third-order valence-corrected chi connectivity index (χ3v) is 13.1. The Morgan fingerprint density at radius 1 is 0.561 bits per heavy atom. The Labute approximate surface area is 393 Å². The maximum atomic E-state index is 14.4. The fourth-order valence-corrected chi connectivity index (χ4v) is 11.9. The second-order valence-electron chi connectivity index (χ2n) is 11.8. The Morgan fingerprint density at radius 2 is 0.947 bits per heavy atom. The molecule has 20 nitrogen and oxygen atoms in total. The molecule has 0 bridgehead atoms. The van der Waals surface area contributed by atoms with Gasteiger partial charge in [0.1, 0.15) is 13.2 Å². The summed E-state index contributed by atoms with van der Waals surface area (Å²) in [5.74, 6) is -4.85. The summed E-state index contributed by atoms with van der Waals surface area (Å²) in [7, 11) is 0. The normalized spacial score (nSPS) is 12.6. The molecule has 0 spiro atoms. The largest absolute Gasteiger partial charge is 0.394 e. The smallest absolute Gasteiger partial charge is 0.255 e. The predicted octanol–water partition coefficient (Wildman–Crippen LogP) is -1.73. The van der Waals surface area contributed by atoms with E-state index >= 15 is 0 Å². The number of carbonyl (C=O) groups is 6. The van der Waals surface area contributed by atoms with Crippen LogP contribution in [0.2, 0.25) is 0 Å². The molecule has 6 amide bonds. The summed E-state index contributed by atoms with van der Waals surface area (Å²) in [4.78, 5) is 80.5. The van der Waals surface area contributed by atoms with Gasteiger partial charge < -0.3 is 72.3 Å². The standard InChI is InChI=1S/C32H39I5N6O14/c1-12-18(22(33)19(30(55)39-4-13(49)7-44)24(35)27(12)41-16(52)10-47)32(57)43(6-15(51)9-46)3-2-38-29(54)20-23(34)21(31(56)40-5-14(50)8-45)26(37)28(25(20)36)42-17(53)11-48/h13-15,44-51H,2-11H2,1H3,(H,38,54)(H,39,55)(H,40,56)(H,41,52)(H,42,53). The molecule has 0 aliphatic heterocycles. The Morgan fingerprint density at radius 3 is 1.37 bits per heavy atom. The first-order valence-electron chi connectivity index (χ1n) is 16.3. The number of hydrogen-bond acceptors (Lipinski definition) is 14. The van der Waals surface area contributed by atoms with Crippen molar-refractivity contribution in [2.24, 2.45) is 0 Å². The maximum absolute atomic E-state index is 14.4. The Hall–Kier alpha value is -1.41. The van der Waals surface area contributed by atoms with Gasteiger partial charge in [-0.3, -0.25) is 28.8 Å². The second-order valence-corrected chi connectivity index (χ2v) is 17.2. The molecule has 0 saturated heterocycles. The minimum Gasteiger partial charge on any atom is -0.394 e. The molecular formula is C32H39I5N6O14. The van der Waals surface area contributed by atoms with E-state index in [0.717, 1.165) is 4.90 Å². The number of halogens is 5. The number of aliphatic hydroxyl groups excluding tert-OH is 8. The van der Waals surface area contributed by atoms with Crippen LogP contribution in [-0.2, 0) is 9.59 Å². The SMILES string of the molecule is Cc1c(NC(=O)CO)c(I)c(C(=O)NCC(O)CO)c(I)c1C(=O)N(CCNC(=O)c1c(I)c(NC(=O)CO)c(I)c(C(=O)NCC(O)CO)c1I)CC(O)CO. The van der Waals surface area contributed by atoms with Crippen LogP contribution in [0.15, 0.2) is 0 Å². The lowest BCUT2D eigenvalue weighted by atomic mass is 10.00. The molecule has 57 heavy (non-hydrogen) atoms. The van der Waals surface area contributed by atoms with Crippen molar-refractivity contribution in [3.05, 3.63) is 45.7 Å². The van der Waals surface area contributed by atoms with Crippen molar-refractivity contribution in [1.82, 2.24) is 20.9 Å². The molecule has 0 heterocycles. The van der Waals surface area contributed by atoms with Crippen molar-refractivity contribution >= 4 is 160 Å². The number of anilines is 2. The van der Waals surface area contributed by atoms with Crippen molar-refractivity contribution in [3.8, 4) is 0 Å². The highest BCUT2D eigenvalue weighted by Gasteiger charge is 2.32. The quantitative estimate of drug-likeness (QED) is 0.0656. The molecule has 3 atom stereocenters. The third kappa shape index (κ3) is 13.8. The van der Waals surface area contributed by atoms with Gasteiger partial charge in [-0.1, -0.05) is 0 Å². The van der Waals surface area contributed by atoms with Gasteiger partial charge in [-0.15, -0.1) is 0 Å². The number of amides is 6. The molecule has 316 valence electrons. The van der Waals surface area contributed by atoms with Crippen LogP contribution in [0.25, 0.3) is 0 Å². The molecule has 2 rings (SSSR count). The molecule has 0 aliphatic rings. The molecule has 2 aromatic rings. The van der Waals surface area contributed by atoms with Crippen LogP contribution in [0.5, 0.6) is 0 Å². The van der Waals surface area contributed by atoms with Crippen LogP contribution in [0.4, 0.5) is 11.4 Å². The van der Waals surface area contributed by atoms with E-state index in [1.807, 2.05) is 0 Å². The zero-order valence-corrected chi connectivity index (χ0v) is 40.5. The topological polar surface area (TPSA) is 328 Å². The molecule has 0 fully saturated rings. The first kappa shape index (κ1) is 51.7. The number of hydrogen-bond donors (Lipinski definition) is 13. The van der Waals surface area contributed by atoms with Gasteiger partial charge >= 0.3 is 0 Å². The fourth-order valence-electron chi connectivity index (χ4n) is 4.80. The molecule has 0 aliphatic carbocycles. The molecule has 3 unspecified atom stereocenters. The summed E-state index contributed by atoms with van der Waals surface area (Å²) in [6.45, 7) is -4.24. The van der Waals surface area contributed by atoms with Gasteiger partial charge in [-0.25, -0.2) is 0 Å². The highest BCUT2D eigenvalue weighted by Crippen LogP contribution is 2.37. The van der Waals surface area contributed by atoms with Crippen LogP contribution in [0.1, 0.15) is 47.0 Å². The molecule has 2 aromatic carbocycles. The summed E-state index contributed by atoms with van der Waals surface area (Å²) < 4.78 is 0.754. The second kappa shape index (κ2) is 24.7. The predicted molar refractivity (Wildman–Crippen MR) is 245 cm³/mol. The number of carbonyl (C=O) groups excluding carboxylic acids is 6. The van der Waals surface area contributed by atoms with Crippen LogP contribution in [0, 0.1) is 24.8 Å². The van der Waals surface area contributed by atoms with E-state index in [9.17, 15) is 64.5 Å². The average molecular weight is 1370 g/mol. The minimum atomic E-state index is -1.47. The highest BCUT2D eigenvalue weighted by atomic mass is 127. The Bertz CT molecular complexity index is 1860. The first-order chi connectivity index (χ1) is 26.8. The number of aliphatic hydroxyl groups is 8. The van der Waals surface area contributed by atoms with Crippen LogP contribution in [0.3, 0.4) is 0 Å². The van der Waals surface area contributed by atoms with E-state index in [0.29, 0.717) is 0 Å². The number of nitrogens with zero attached hydrogens (tertiary/aromatic N) is 1. The van der Waals surface area contributed by atoms with E-state index in [2.05, 4.69) is 26.6 Å². The van der Waals surface area contributed by atoms with E-state index in [4.69, 9.17) is 5.11 Å². The van der Waals surface area contributed by atoms with Crippen molar-refractivity contribution < 1.29 is 69.6 Å². The molecule has 13 N–H and O–H groups in total. The zero-order chi connectivity index (χ0) is 43.3. The Balaban J connectivity index is 2.63.